The van der Waals surface area contributed by atoms with Crippen molar-refractivity contribution in [3.63, 3.8) is 0 Å². The van der Waals surface area contributed by atoms with Gasteiger partial charge >= 0.3 is 5.97 Å². The van der Waals surface area contributed by atoms with Gasteiger partial charge in [-0.05, 0) is 44.2 Å². The zero-order chi connectivity index (χ0) is 17.3. The van der Waals surface area contributed by atoms with Gasteiger partial charge in [-0.15, -0.1) is 0 Å². The monoisotopic (exact) mass is 362 g/mol. The van der Waals surface area contributed by atoms with Gasteiger partial charge < -0.3 is 9.30 Å². The van der Waals surface area contributed by atoms with E-state index in [2.05, 4.69) is 4.98 Å². The molecule has 0 aliphatic rings. The lowest BCUT2D eigenvalue weighted by atomic mass is 10.2. The Balaban J connectivity index is 2.13. The zero-order valence-electron chi connectivity index (χ0n) is 13.3. The molecule has 0 radical (unpaired) electrons. The average Bonchev–Trinajstić information content (AvgIpc) is 2.85. The number of hydrogen-bond donors (Lipinski definition) is 0. The number of esters is 1. The summed E-state index contributed by atoms with van der Waals surface area (Å²) in [4.78, 5) is 16.8. The number of carbonyl (C=O) groups excluding carboxylic acids is 1. The first-order chi connectivity index (χ1) is 11.5. The number of para-hydroxylation sites is 2. The Kier molecular flexibility index (Phi) is 4.78. The van der Waals surface area contributed by atoms with E-state index >= 15 is 0 Å². The van der Waals surface area contributed by atoms with Crippen LogP contribution in [0.2, 0.25) is 10.0 Å². The zero-order valence-corrected chi connectivity index (χ0v) is 14.8. The van der Waals surface area contributed by atoms with Gasteiger partial charge in [-0.25, -0.2) is 4.98 Å². The van der Waals surface area contributed by atoms with Crippen LogP contribution in [0, 0.1) is 0 Å². The molecule has 4 nitrogen and oxygen atoms in total. The van der Waals surface area contributed by atoms with Gasteiger partial charge in [0.1, 0.15) is 12.4 Å². The minimum atomic E-state index is -0.320. The first-order valence-corrected chi connectivity index (χ1v) is 8.31. The van der Waals surface area contributed by atoms with Crippen molar-refractivity contribution in [2.45, 2.75) is 26.5 Å². The first kappa shape index (κ1) is 16.8. The SMILES string of the molecule is CC(C)OC(=O)Cn1c(-c2ccc(Cl)cc2Cl)nc2ccccc21. The lowest BCUT2D eigenvalue weighted by Crippen LogP contribution is -2.18. The van der Waals surface area contributed by atoms with Crippen LogP contribution in [0.25, 0.3) is 22.4 Å². The van der Waals surface area contributed by atoms with Crippen molar-refractivity contribution in [1.82, 2.24) is 9.55 Å². The summed E-state index contributed by atoms with van der Waals surface area (Å²) in [5.41, 5.74) is 2.35. The largest absolute Gasteiger partial charge is 0.462 e. The molecule has 0 atom stereocenters. The van der Waals surface area contributed by atoms with Crippen LogP contribution in [0.4, 0.5) is 0 Å². The predicted molar refractivity (Wildman–Crippen MR) is 96.4 cm³/mol. The molecule has 0 amide bonds. The minimum absolute atomic E-state index is 0.0625. The maximum Gasteiger partial charge on any atom is 0.326 e. The molecule has 0 N–H and O–H groups in total. The number of ether oxygens (including phenoxy) is 1. The molecule has 0 aliphatic heterocycles. The van der Waals surface area contributed by atoms with Crippen LogP contribution in [-0.2, 0) is 16.1 Å². The number of carbonyl (C=O) groups is 1. The lowest BCUT2D eigenvalue weighted by Gasteiger charge is -2.12. The van der Waals surface area contributed by atoms with E-state index in [1.165, 1.54) is 0 Å². The van der Waals surface area contributed by atoms with Crippen molar-refractivity contribution in [3.8, 4) is 11.4 Å². The molecule has 0 aliphatic carbocycles. The Labute approximate surface area is 150 Å². The topological polar surface area (TPSA) is 44.1 Å². The molecule has 0 saturated heterocycles. The molecule has 24 heavy (non-hydrogen) atoms. The van der Waals surface area contributed by atoms with E-state index in [1.807, 2.05) is 42.7 Å². The molecular formula is C18H16Cl2N2O2. The van der Waals surface area contributed by atoms with Crippen molar-refractivity contribution in [2.75, 3.05) is 0 Å². The van der Waals surface area contributed by atoms with Crippen LogP contribution in [0.1, 0.15) is 13.8 Å². The van der Waals surface area contributed by atoms with Crippen LogP contribution < -0.4 is 0 Å². The summed E-state index contributed by atoms with van der Waals surface area (Å²) >= 11 is 12.3. The van der Waals surface area contributed by atoms with E-state index in [0.717, 1.165) is 16.6 Å². The standard InChI is InChI=1S/C18H16Cl2N2O2/c1-11(2)24-17(23)10-22-16-6-4-3-5-15(16)21-18(22)13-8-7-12(19)9-14(13)20/h3-9,11H,10H2,1-2H3. The normalized spacial score (nSPS) is 11.2. The van der Waals surface area contributed by atoms with Gasteiger partial charge in [-0.3, -0.25) is 4.79 Å². The van der Waals surface area contributed by atoms with Gasteiger partial charge in [0.15, 0.2) is 0 Å². The molecule has 124 valence electrons. The van der Waals surface area contributed by atoms with Crippen molar-refractivity contribution >= 4 is 40.2 Å². The second-order valence-corrected chi connectivity index (χ2v) is 6.52. The smallest absolute Gasteiger partial charge is 0.326 e. The van der Waals surface area contributed by atoms with E-state index in [1.54, 1.807) is 18.2 Å². The summed E-state index contributed by atoms with van der Waals surface area (Å²) in [6.45, 7) is 3.70. The Bertz CT molecular complexity index is 903. The summed E-state index contributed by atoms with van der Waals surface area (Å²) in [6, 6.07) is 12.8. The molecule has 0 saturated carbocycles. The Morgan fingerprint density at radius 2 is 1.96 bits per heavy atom. The van der Waals surface area contributed by atoms with Gasteiger partial charge in [0.05, 0.1) is 22.2 Å². The fourth-order valence-electron chi connectivity index (χ4n) is 2.54. The lowest BCUT2D eigenvalue weighted by molar-refractivity contribution is -0.147. The summed E-state index contributed by atoms with van der Waals surface area (Å²) < 4.78 is 7.09. The number of imidazole rings is 1. The van der Waals surface area contributed by atoms with Crippen LogP contribution in [-0.4, -0.2) is 21.6 Å². The number of hydrogen-bond acceptors (Lipinski definition) is 3. The molecule has 3 aromatic rings. The molecule has 0 bridgehead atoms. The molecular weight excluding hydrogens is 347 g/mol. The highest BCUT2D eigenvalue weighted by atomic mass is 35.5. The molecule has 0 fully saturated rings. The fourth-order valence-corrected chi connectivity index (χ4v) is 3.03. The maximum absolute atomic E-state index is 12.2. The van der Waals surface area contributed by atoms with E-state index in [4.69, 9.17) is 27.9 Å². The fraction of sp³-hybridized carbons (Fsp3) is 0.222. The van der Waals surface area contributed by atoms with Crippen LogP contribution in [0.15, 0.2) is 42.5 Å². The third kappa shape index (κ3) is 3.40. The van der Waals surface area contributed by atoms with Crippen molar-refractivity contribution in [2.24, 2.45) is 0 Å². The Hall–Kier alpha value is -2.04. The third-order valence-electron chi connectivity index (χ3n) is 3.48. The van der Waals surface area contributed by atoms with Gasteiger partial charge in [0.25, 0.3) is 0 Å². The average molecular weight is 363 g/mol. The third-order valence-corrected chi connectivity index (χ3v) is 4.03. The Morgan fingerprint density at radius 3 is 2.67 bits per heavy atom. The number of aromatic nitrogens is 2. The molecule has 0 spiro atoms. The van der Waals surface area contributed by atoms with Crippen LogP contribution in [0.5, 0.6) is 0 Å². The van der Waals surface area contributed by atoms with Gasteiger partial charge in [0.2, 0.25) is 0 Å². The number of halogens is 2. The highest BCUT2D eigenvalue weighted by molar-refractivity contribution is 6.36. The maximum atomic E-state index is 12.2. The summed E-state index contributed by atoms with van der Waals surface area (Å²) in [7, 11) is 0. The van der Waals surface area contributed by atoms with E-state index in [0.29, 0.717) is 15.9 Å². The van der Waals surface area contributed by atoms with E-state index < -0.39 is 0 Å². The van der Waals surface area contributed by atoms with Crippen molar-refractivity contribution in [3.05, 3.63) is 52.5 Å². The van der Waals surface area contributed by atoms with Crippen molar-refractivity contribution in [1.29, 1.82) is 0 Å². The summed E-state index contributed by atoms with van der Waals surface area (Å²) in [6.07, 6.45) is -0.171. The molecule has 3 rings (SSSR count). The highest BCUT2D eigenvalue weighted by Gasteiger charge is 2.18. The van der Waals surface area contributed by atoms with Crippen molar-refractivity contribution < 1.29 is 9.53 Å². The molecule has 1 heterocycles. The summed E-state index contributed by atoms with van der Waals surface area (Å²) in [5, 5.41) is 1.03. The molecule has 2 aromatic carbocycles. The van der Waals surface area contributed by atoms with E-state index in [9.17, 15) is 4.79 Å². The van der Waals surface area contributed by atoms with Gasteiger partial charge in [0, 0.05) is 10.6 Å². The molecule has 6 heteroatoms. The summed E-state index contributed by atoms with van der Waals surface area (Å²) in [5.74, 6) is 0.290. The second-order valence-electron chi connectivity index (χ2n) is 5.67. The first-order valence-electron chi connectivity index (χ1n) is 7.56. The Morgan fingerprint density at radius 1 is 1.21 bits per heavy atom. The van der Waals surface area contributed by atoms with Crippen LogP contribution >= 0.6 is 23.2 Å². The minimum Gasteiger partial charge on any atom is -0.462 e. The highest BCUT2D eigenvalue weighted by Crippen LogP contribution is 2.32. The predicted octanol–water partition coefficient (Wildman–Crippen LogP) is 4.96. The van der Waals surface area contributed by atoms with Gasteiger partial charge in [-0.1, -0.05) is 35.3 Å². The number of benzene rings is 2. The molecule has 1 aromatic heterocycles. The number of nitrogens with zero attached hydrogens (tertiary/aromatic N) is 2. The number of fused-ring (bicyclic) bond motifs is 1. The van der Waals surface area contributed by atoms with E-state index in [-0.39, 0.29) is 18.6 Å². The van der Waals surface area contributed by atoms with Gasteiger partial charge in [-0.2, -0.15) is 0 Å². The molecule has 0 unspecified atom stereocenters. The second kappa shape index (κ2) is 6.83. The van der Waals surface area contributed by atoms with Crippen LogP contribution in [0.3, 0.4) is 0 Å². The quantitative estimate of drug-likeness (QED) is 0.616. The number of rotatable bonds is 4.